The highest BCUT2D eigenvalue weighted by Gasteiger charge is 1.97. The van der Waals surface area contributed by atoms with E-state index in [0.717, 1.165) is 17.0 Å². The lowest BCUT2D eigenvalue weighted by Crippen LogP contribution is -1.96. The van der Waals surface area contributed by atoms with Crippen molar-refractivity contribution in [2.45, 2.75) is 13.5 Å². The number of oxime groups is 1. The van der Waals surface area contributed by atoms with Crippen molar-refractivity contribution >= 4 is 5.71 Å². The van der Waals surface area contributed by atoms with Crippen molar-refractivity contribution < 1.29 is 4.84 Å². The molecule has 1 N–H and O–H groups in total. The number of aromatic amines is 1. The van der Waals surface area contributed by atoms with Crippen LogP contribution in [0.15, 0.2) is 53.8 Å². The van der Waals surface area contributed by atoms with Crippen molar-refractivity contribution in [2.75, 3.05) is 0 Å². The average molecular weight is 214 g/mol. The van der Waals surface area contributed by atoms with Crippen LogP contribution in [0.25, 0.3) is 0 Å². The lowest BCUT2D eigenvalue weighted by atomic mass is 10.2. The molecule has 0 spiro atoms. The van der Waals surface area contributed by atoms with Gasteiger partial charge in [0.05, 0.1) is 5.69 Å². The monoisotopic (exact) mass is 214 g/mol. The van der Waals surface area contributed by atoms with Crippen molar-refractivity contribution in [1.82, 2.24) is 4.98 Å². The predicted octanol–water partition coefficient (Wildman–Crippen LogP) is 2.96. The van der Waals surface area contributed by atoms with Gasteiger partial charge in [0.2, 0.25) is 0 Å². The summed E-state index contributed by atoms with van der Waals surface area (Å²) >= 11 is 0. The Balaban J connectivity index is 1.90. The van der Waals surface area contributed by atoms with Gasteiger partial charge in [-0.3, -0.25) is 0 Å². The molecule has 82 valence electrons. The summed E-state index contributed by atoms with van der Waals surface area (Å²) in [5, 5.41) is 4.05. The number of rotatable bonds is 4. The minimum Gasteiger partial charge on any atom is -0.391 e. The minimum absolute atomic E-state index is 0.499. The van der Waals surface area contributed by atoms with Gasteiger partial charge in [-0.05, 0) is 24.6 Å². The van der Waals surface area contributed by atoms with Crippen molar-refractivity contribution in [3.8, 4) is 0 Å². The highest BCUT2D eigenvalue weighted by molar-refractivity contribution is 5.96. The van der Waals surface area contributed by atoms with Gasteiger partial charge in [-0.25, -0.2) is 0 Å². The van der Waals surface area contributed by atoms with E-state index in [-0.39, 0.29) is 0 Å². The molecular formula is C13H14N2O. The van der Waals surface area contributed by atoms with Crippen molar-refractivity contribution in [1.29, 1.82) is 0 Å². The van der Waals surface area contributed by atoms with Gasteiger partial charge in [0.25, 0.3) is 0 Å². The summed E-state index contributed by atoms with van der Waals surface area (Å²) in [6.45, 7) is 2.41. The molecule has 3 nitrogen and oxygen atoms in total. The van der Waals surface area contributed by atoms with E-state index >= 15 is 0 Å². The van der Waals surface area contributed by atoms with Gasteiger partial charge in [0, 0.05) is 6.20 Å². The van der Waals surface area contributed by atoms with E-state index in [9.17, 15) is 0 Å². The number of H-pyrrole nitrogens is 1. The maximum absolute atomic E-state index is 5.27. The summed E-state index contributed by atoms with van der Waals surface area (Å²) in [6, 6.07) is 13.9. The van der Waals surface area contributed by atoms with Gasteiger partial charge in [-0.15, -0.1) is 0 Å². The first-order valence-corrected chi connectivity index (χ1v) is 5.20. The zero-order valence-corrected chi connectivity index (χ0v) is 9.18. The lowest BCUT2D eigenvalue weighted by Gasteiger charge is -2.01. The molecule has 0 atom stereocenters. The molecule has 2 rings (SSSR count). The molecule has 2 aromatic rings. The van der Waals surface area contributed by atoms with Crippen LogP contribution < -0.4 is 0 Å². The van der Waals surface area contributed by atoms with Gasteiger partial charge in [-0.2, -0.15) is 0 Å². The Morgan fingerprint density at radius 2 is 2.00 bits per heavy atom. The molecule has 0 amide bonds. The average Bonchev–Trinajstić information content (AvgIpc) is 2.84. The van der Waals surface area contributed by atoms with E-state index in [2.05, 4.69) is 10.1 Å². The number of hydrogen-bond donors (Lipinski definition) is 1. The highest BCUT2D eigenvalue weighted by atomic mass is 16.6. The minimum atomic E-state index is 0.499. The fraction of sp³-hybridized carbons (Fsp3) is 0.154. The third-order valence-electron chi connectivity index (χ3n) is 2.26. The molecule has 0 radical (unpaired) electrons. The molecule has 1 heterocycles. The van der Waals surface area contributed by atoms with Crippen LogP contribution in [0.3, 0.4) is 0 Å². The van der Waals surface area contributed by atoms with Crippen LogP contribution in [0.4, 0.5) is 0 Å². The van der Waals surface area contributed by atoms with Gasteiger partial charge < -0.3 is 9.82 Å². The number of benzene rings is 1. The SMILES string of the molecule is CC(=NOCc1ccccc1)c1ccc[nH]1. The first-order valence-electron chi connectivity index (χ1n) is 5.20. The molecule has 0 bridgehead atoms. The Morgan fingerprint density at radius 1 is 1.19 bits per heavy atom. The van der Waals surface area contributed by atoms with E-state index in [1.54, 1.807) is 0 Å². The molecule has 1 aromatic carbocycles. The molecule has 0 aliphatic carbocycles. The van der Waals surface area contributed by atoms with Crippen molar-refractivity contribution in [2.24, 2.45) is 5.16 Å². The largest absolute Gasteiger partial charge is 0.391 e. The van der Waals surface area contributed by atoms with Crippen LogP contribution in [0, 0.1) is 0 Å². The fourth-order valence-electron chi connectivity index (χ4n) is 1.38. The summed E-state index contributed by atoms with van der Waals surface area (Å²) in [6.07, 6.45) is 1.87. The zero-order valence-electron chi connectivity index (χ0n) is 9.18. The highest BCUT2D eigenvalue weighted by Crippen LogP contribution is 2.02. The van der Waals surface area contributed by atoms with Gasteiger partial charge in [0.1, 0.15) is 12.3 Å². The summed E-state index contributed by atoms with van der Waals surface area (Å²) < 4.78 is 0. The summed E-state index contributed by atoms with van der Waals surface area (Å²) in [5.41, 5.74) is 2.94. The van der Waals surface area contributed by atoms with Crippen LogP contribution in [0.1, 0.15) is 18.2 Å². The third kappa shape index (κ3) is 2.73. The molecule has 0 aliphatic heterocycles. The van der Waals surface area contributed by atoms with Crippen molar-refractivity contribution in [3.63, 3.8) is 0 Å². The second kappa shape index (κ2) is 5.16. The lowest BCUT2D eigenvalue weighted by molar-refractivity contribution is 0.130. The van der Waals surface area contributed by atoms with E-state index in [1.807, 2.05) is 55.6 Å². The molecular weight excluding hydrogens is 200 g/mol. The number of nitrogens with zero attached hydrogens (tertiary/aromatic N) is 1. The molecule has 0 saturated carbocycles. The molecule has 3 heteroatoms. The summed E-state index contributed by atoms with van der Waals surface area (Å²) in [4.78, 5) is 8.35. The fourth-order valence-corrected chi connectivity index (χ4v) is 1.38. The Morgan fingerprint density at radius 3 is 2.69 bits per heavy atom. The molecule has 0 fully saturated rings. The first-order chi connectivity index (χ1) is 7.86. The molecule has 16 heavy (non-hydrogen) atoms. The molecule has 0 aliphatic rings. The maximum Gasteiger partial charge on any atom is 0.142 e. The normalized spacial score (nSPS) is 11.4. The quantitative estimate of drug-likeness (QED) is 0.616. The molecule has 0 saturated heterocycles. The van der Waals surface area contributed by atoms with E-state index in [1.165, 1.54) is 0 Å². The second-order valence-corrected chi connectivity index (χ2v) is 3.52. The predicted molar refractivity (Wildman–Crippen MR) is 64.2 cm³/mol. The Kier molecular flexibility index (Phi) is 3.38. The first kappa shape index (κ1) is 10.5. The molecule has 1 aromatic heterocycles. The van der Waals surface area contributed by atoms with Crippen LogP contribution in [0.5, 0.6) is 0 Å². The molecule has 0 unspecified atom stereocenters. The Labute approximate surface area is 94.8 Å². The van der Waals surface area contributed by atoms with E-state index in [4.69, 9.17) is 4.84 Å². The van der Waals surface area contributed by atoms with E-state index in [0.29, 0.717) is 6.61 Å². The van der Waals surface area contributed by atoms with Crippen LogP contribution in [-0.2, 0) is 11.4 Å². The number of aromatic nitrogens is 1. The van der Waals surface area contributed by atoms with Gasteiger partial charge in [0.15, 0.2) is 0 Å². The topological polar surface area (TPSA) is 37.4 Å². The third-order valence-corrected chi connectivity index (χ3v) is 2.26. The summed E-state index contributed by atoms with van der Waals surface area (Å²) in [7, 11) is 0. The maximum atomic E-state index is 5.27. The van der Waals surface area contributed by atoms with Gasteiger partial charge >= 0.3 is 0 Å². The zero-order chi connectivity index (χ0) is 11.2. The van der Waals surface area contributed by atoms with Crippen molar-refractivity contribution in [3.05, 3.63) is 59.9 Å². The van der Waals surface area contributed by atoms with Crippen LogP contribution in [0.2, 0.25) is 0 Å². The number of nitrogens with one attached hydrogen (secondary N) is 1. The standard InChI is InChI=1S/C13H14N2O/c1-11(13-8-5-9-14-13)15-16-10-12-6-3-2-4-7-12/h2-9,14H,10H2,1H3. The number of hydrogen-bond acceptors (Lipinski definition) is 2. The Hall–Kier alpha value is -2.03. The van der Waals surface area contributed by atoms with E-state index < -0.39 is 0 Å². The second-order valence-electron chi connectivity index (χ2n) is 3.52. The summed E-state index contributed by atoms with van der Waals surface area (Å²) in [5.74, 6) is 0. The Bertz CT molecular complexity index is 446. The smallest absolute Gasteiger partial charge is 0.142 e. The van der Waals surface area contributed by atoms with Gasteiger partial charge in [-0.1, -0.05) is 35.5 Å². The van der Waals surface area contributed by atoms with Crippen LogP contribution in [-0.4, -0.2) is 10.7 Å². The van der Waals surface area contributed by atoms with Crippen LogP contribution >= 0.6 is 0 Å².